The molecule has 0 saturated heterocycles. The van der Waals surface area contributed by atoms with Crippen molar-refractivity contribution >= 4 is 11.6 Å². The van der Waals surface area contributed by atoms with Gasteiger partial charge in [0, 0.05) is 0 Å². The van der Waals surface area contributed by atoms with Gasteiger partial charge in [-0.1, -0.05) is 5.16 Å². The van der Waals surface area contributed by atoms with Crippen LogP contribution >= 0.6 is 11.6 Å². The van der Waals surface area contributed by atoms with Crippen molar-refractivity contribution < 1.29 is 18.0 Å². The van der Waals surface area contributed by atoms with E-state index in [1.807, 2.05) is 13.8 Å². The van der Waals surface area contributed by atoms with Gasteiger partial charge in [-0.2, -0.15) is 13.8 Å². The van der Waals surface area contributed by atoms with Gasteiger partial charge < -0.3 is 15.0 Å². The molecular formula is C9H14ClF2N3O2. The minimum Gasteiger partial charge on any atom is -0.376 e. The molecule has 17 heavy (non-hydrogen) atoms. The summed E-state index contributed by atoms with van der Waals surface area (Å²) in [5, 5.41) is -0.317. The van der Waals surface area contributed by atoms with E-state index in [1.54, 1.807) is 6.92 Å². The van der Waals surface area contributed by atoms with E-state index in [4.69, 9.17) is 22.1 Å². The van der Waals surface area contributed by atoms with Crippen molar-refractivity contribution in [1.29, 1.82) is 0 Å². The van der Waals surface area contributed by atoms with Crippen LogP contribution in [0.4, 0.5) is 8.78 Å². The Hall–Kier alpha value is -0.790. The normalized spacial score (nSPS) is 16.2. The van der Waals surface area contributed by atoms with Crippen LogP contribution in [0.5, 0.6) is 0 Å². The summed E-state index contributed by atoms with van der Waals surface area (Å²) in [5.74, 6) is -1.05. The van der Waals surface area contributed by atoms with Crippen molar-refractivity contribution in [1.82, 2.24) is 10.1 Å². The number of nitrogens with two attached hydrogens (primary N) is 1. The van der Waals surface area contributed by atoms with E-state index in [0.29, 0.717) is 0 Å². The summed E-state index contributed by atoms with van der Waals surface area (Å²) in [6.07, 6.45) is -0.0429. The second kappa shape index (κ2) is 4.83. The van der Waals surface area contributed by atoms with Gasteiger partial charge in [-0.05, 0) is 32.4 Å². The molecular weight excluding hydrogens is 256 g/mol. The highest BCUT2D eigenvalue weighted by atomic mass is 35.5. The molecule has 0 aliphatic carbocycles. The molecule has 1 atom stereocenters. The summed E-state index contributed by atoms with van der Waals surface area (Å²) in [6, 6.07) is 0. The predicted molar refractivity (Wildman–Crippen MR) is 56.7 cm³/mol. The summed E-state index contributed by atoms with van der Waals surface area (Å²) < 4.78 is 35.0. The molecule has 0 radical (unpaired) electrons. The lowest BCUT2D eigenvalue weighted by Crippen LogP contribution is -2.40. The van der Waals surface area contributed by atoms with Crippen molar-refractivity contribution in [3.05, 3.63) is 11.7 Å². The standard InChI is InChI=1S/C9H14ClF2N3O2/c1-5(2)16-4-8(3,13)6-14-7(17-15-6)9(10,11)12/h5H,4,13H2,1-3H3. The zero-order chi connectivity index (χ0) is 13.3. The Kier molecular flexibility index (Phi) is 4.06. The maximum Gasteiger partial charge on any atom is 0.400 e. The lowest BCUT2D eigenvalue weighted by Gasteiger charge is -2.21. The fraction of sp³-hybridized carbons (Fsp3) is 0.778. The highest BCUT2D eigenvalue weighted by Crippen LogP contribution is 2.31. The summed E-state index contributed by atoms with van der Waals surface area (Å²) in [6.45, 7) is 5.28. The summed E-state index contributed by atoms with van der Waals surface area (Å²) in [5.41, 5.74) is 4.73. The molecule has 0 saturated carbocycles. The molecule has 0 aromatic carbocycles. The minimum absolute atomic E-state index is 0.0429. The van der Waals surface area contributed by atoms with E-state index in [1.165, 1.54) is 0 Å². The number of hydrogen-bond donors (Lipinski definition) is 1. The summed E-state index contributed by atoms with van der Waals surface area (Å²) in [4.78, 5) is 3.47. The highest BCUT2D eigenvalue weighted by molar-refractivity contribution is 6.21. The van der Waals surface area contributed by atoms with E-state index >= 15 is 0 Å². The third-order valence-electron chi connectivity index (χ3n) is 1.90. The Morgan fingerprint density at radius 2 is 2.12 bits per heavy atom. The van der Waals surface area contributed by atoms with Crippen LogP contribution in [-0.2, 0) is 15.7 Å². The van der Waals surface area contributed by atoms with Gasteiger partial charge in [-0.25, -0.2) is 0 Å². The first-order chi connectivity index (χ1) is 7.63. The molecule has 98 valence electrons. The molecule has 0 bridgehead atoms. The van der Waals surface area contributed by atoms with Crippen LogP contribution in [0.1, 0.15) is 32.5 Å². The fourth-order valence-electron chi connectivity index (χ4n) is 0.975. The van der Waals surface area contributed by atoms with Gasteiger partial charge in [0.25, 0.3) is 0 Å². The highest BCUT2D eigenvalue weighted by Gasteiger charge is 2.38. The second-order valence-corrected chi connectivity index (χ2v) is 4.67. The van der Waals surface area contributed by atoms with Crippen LogP contribution in [0.3, 0.4) is 0 Å². The van der Waals surface area contributed by atoms with Crippen molar-refractivity contribution in [2.75, 3.05) is 6.61 Å². The predicted octanol–water partition coefficient (Wildman–Crippen LogP) is 1.96. The molecule has 0 fully saturated rings. The maximum absolute atomic E-state index is 12.7. The molecule has 8 heteroatoms. The molecule has 1 heterocycles. The minimum atomic E-state index is -3.69. The zero-order valence-electron chi connectivity index (χ0n) is 9.71. The zero-order valence-corrected chi connectivity index (χ0v) is 10.5. The molecule has 1 aromatic rings. The summed E-state index contributed by atoms with van der Waals surface area (Å²) >= 11 is 4.75. The second-order valence-electron chi connectivity index (χ2n) is 4.20. The molecule has 1 aromatic heterocycles. The van der Waals surface area contributed by atoms with E-state index in [2.05, 4.69) is 14.7 Å². The van der Waals surface area contributed by atoms with Gasteiger partial charge in [0.1, 0.15) is 5.54 Å². The van der Waals surface area contributed by atoms with Crippen molar-refractivity contribution in [3.63, 3.8) is 0 Å². The van der Waals surface area contributed by atoms with Crippen LogP contribution in [0.25, 0.3) is 0 Å². The number of nitrogens with zero attached hydrogens (tertiary/aromatic N) is 2. The van der Waals surface area contributed by atoms with Crippen molar-refractivity contribution in [2.24, 2.45) is 5.73 Å². The molecule has 0 amide bonds. The SMILES string of the molecule is CC(C)OCC(C)(N)c1noc(C(F)(F)Cl)n1. The smallest absolute Gasteiger partial charge is 0.376 e. The Morgan fingerprint density at radius 3 is 2.53 bits per heavy atom. The topological polar surface area (TPSA) is 74.2 Å². The van der Waals surface area contributed by atoms with Gasteiger partial charge >= 0.3 is 11.3 Å². The van der Waals surface area contributed by atoms with E-state index in [9.17, 15) is 8.78 Å². The Bertz CT molecular complexity index is 377. The van der Waals surface area contributed by atoms with Gasteiger partial charge in [0.15, 0.2) is 5.82 Å². The number of rotatable bonds is 5. The fourth-order valence-corrected chi connectivity index (χ4v) is 1.05. The van der Waals surface area contributed by atoms with E-state index in [0.717, 1.165) is 0 Å². The van der Waals surface area contributed by atoms with E-state index in [-0.39, 0.29) is 18.5 Å². The summed E-state index contributed by atoms with van der Waals surface area (Å²) in [7, 11) is 0. The molecule has 1 unspecified atom stereocenters. The van der Waals surface area contributed by atoms with Gasteiger partial charge in [-0.3, -0.25) is 0 Å². The number of alkyl halides is 3. The van der Waals surface area contributed by atoms with Gasteiger partial charge in [-0.15, -0.1) is 0 Å². The van der Waals surface area contributed by atoms with Crippen LogP contribution in [0.15, 0.2) is 4.52 Å². The lowest BCUT2D eigenvalue weighted by molar-refractivity contribution is 0.0410. The number of hydrogen-bond acceptors (Lipinski definition) is 5. The number of halogens is 3. The third-order valence-corrected chi connectivity index (χ3v) is 2.06. The first-order valence-electron chi connectivity index (χ1n) is 4.95. The Labute approximate surface area is 102 Å². The molecule has 0 spiro atoms. The average Bonchev–Trinajstić information content (AvgIpc) is 2.63. The maximum atomic E-state index is 12.7. The van der Waals surface area contributed by atoms with Gasteiger partial charge in [0.05, 0.1) is 12.7 Å². The van der Waals surface area contributed by atoms with E-state index < -0.39 is 16.8 Å². The largest absolute Gasteiger partial charge is 0.400 e. The first kappa shape index (κ1) is 14.3. The monoisotopic (exact) mass is 269 g/mol. The Balaban J connectivity index is 2.81. The number of aromatic nitrogens is 2. The average molecular weight is 270 g/mol. The first-order valence-corrected chi connectivity index (χ1v) is 5.32. The van der Waals surface area contributed by atoms with Crippen LogP contribution in [-0.4, -0.2) is 22.9 Å². The van der Waals surface area contributed by atoms with Crippen LogP contribution in [0.2, 0.25) is 0 Å². The van der Waals surface area contributed by atoms with Gasteiger partial charge in [0.2, 0.25) is 0 Å². The van der Waals surface area contributed by atoms with Crippen molar-refractivity contribution in [2.45, 2.75) is 37.8 Å². The Morgan fingerprint density at radius 1 is 1.53 bits per heavy atom. The molecule has 0 aliphatic heterocycles. The molecule has 0 aliphatic rings. The lowest BCUT2D eigenvalue weighted by atomic mass is 10.1. The molecule has 5 nitrogen and oxygen atoms in total. The van der Waals surface area contributed by atoms with Crippen LogP contribution in [0, 0.1) is 0 Å². The molecule has 1 rings (SSSR count). The molecule has 2 N–H and O–H groups in total. The van der Waals surface area contributed by atoms with Crippen molar-refractivity contribution in [3.8, 4) is 0 Å². The van der Waals surface area contributed by atoms with Crippen LogP contribution < -0.4 is 5.73 Å². The third kappa shape index (κ3) is 3.86. The number of ether oxygens (including phenoxy) is 1. The quantitative estimate of drug-likeness (QED) is 0.827.